The van der Waals surface area contributed by atoms with Crippen LogP contribution < -0.4 is 16.7 Å². The summed E-state index contributed by atoms with van der Waals surface area (Å²) in [5.41, 5.74) is 1.58. The number of aromatic nitrogens is 2. The molecule has 130 valence electrons. The van der Waals surface area contributed by atoms with Gasteiger partial charge in [0.1, 0.15) is 5.56 Å². The summed E-state index contributed by atoms with van der Waals surface area (Å²) in [4.78, 5) is 27.9. The van der Waals surface area contributed by atoms with E-state index >= 15 is 0 Å². The van der Waals surface area contributed by atoms with Gasteiger partial charge in [0, 0.05) is 19.6 Å². The zero-order valence-corrected chi connectivity index (χ0v) is 14.1. The third-order valence-electron chi connectivity index (χ3n) is 3.66. The van der Waals surface area contributed by atoms with E-state index in [4.69, 9.17) is 0 Å². The zero-order chi connectivity index (χ0) is 17.2. The Morgan fingerprint density at radius 3 is 2.61 bits per heavy atom. The number of rotatable bonds is 10. The third-order valence-corrected chi connectivity index (χ3v) is 3.66. The van der Waals surface area contributed by atoms with Crippen molar-refractivity contribution in [2.24, 2.45) is 5.10 Å². The summed E-state index contributed by atoms with van der Waals surface area (Å²) in [6, 6.07) is 0. The number of nitrogens with zero attached hydrogens (tertiary/aromatic N) is 3. The minimum atomic E-state index is -0.644. The lowest BCUT2D eigenvalue weighted by atomic mass is 10.3. The van der Waals surface area contributed by atoms with Crippen molar-refractivity contribution in [1.29, 1.82) is 0 Å². The van der Waals surface area contributed by atoms with Crippen LogP contribution >= 0.6 is 0 Å². The van der Waals surface area contributed by atoms with Crippen molar-refractivity contribution in [1.82, 2.24) is 19.9 Å². The van der Waals surface area contributed by atoms with Crippen LogP contribution in [0.4, 0.5) is 0 Å². The summed E-state index contributed by atoms with van der Waals surface area (Å²) in [5.74, 6) is -0.346. The molecule has 0 aliphatic carbocycles. The second-order valence-corrected chi connectivity index (χ2v) is 5.19. The van der Waals surface area contributed by atoms with Crippen molar-refractivity contribution < 1.29 is 5.11 Å². The molecule has 0 aromatic carbocycles. The topological polar surface area (TPSA) is 103 Å². The highest BCUT2D eigenvalue weighted by Crippen LogP contribution is 2.08. The third kappa shape index (κ3) is 5.55. The molecule has 0 amide bonds. The number of aromatic hydroxyl groups is 1. The van der Waals surface area contributed by atoms with Gasteiger partial charge in [0.25, 0.3) is 5.56 Å². The molecule has 0 fully saturated rings. The highest BCUT2D eigenvalue weighted by atomic mass is 16.3. The van der Waals surface area contributed by atoms with E-state index in [9.17, 15) is 14.7 Å². The second-order valence-electron chi connectivity index (χ2n) is 5.19. The monoisotopic (exact) mass is 325 g/mol. The highest BCUT2D eigenvalue weighted by Gasteiger charge is 2.12. The molecular weight excluding hydrogens is 298 g/mol. The van der Waals surface area contributed by atoms with Gasteiger partial charge in [0.15, 0.2) is 0 Å². The van der Waals surface area contributed by atoms with Gasteiger partial charge in [-0.2, -0.15) is 5.10 Å². The molecule has 23 heavy (non-hydrogen) atoms. The Balaban J connectivity index is 2.78. The molecule has 0 radical (unpaired) electrons. The summed E-state index contributed by atoms with van der Waals surface area (Å²) < 4.78 is 1.15. The van der Waals surface area contributed by atoms with Gasteiger partial charge in [-0.1, -0.05) is 27.2 Å². The lowest BCUT2D eigenvalue weighted by Gasteiger charge is -2.17. The van der Waals surface area contributed by atoms with Crippen molar-refractivity contribution in [3.63, 3.8) is 0 Å². The van der Waals surface area contributed by atoms with E-state index in [2.05, 4.69) is 34.3 Å². The first-order chi connectivity index (χ1) is 11.0. The first-order valence-corrected chi connectivity index (χ1v) is 8.09. The predicted octanol–water partition coefficient (Wildman–Crippen LogP) is 0.308. The van der Waals surface area contributed by atoms with Crippen molar-refractivity contribution in [2.45, 2.75) is 40.2 Å². The molecule has 0 aliphatic heterocycles. The lowest BCUT2D eigenvalue weighted by molar-refractivity contribution is 0.303. The molecule has 3 N–H and O–H groups in total. The summed E-state index contributed by atoms with van der Waals surface area (Å²) in [7, 11) is 0. The predicted molar refractivity (Wildman–Crippen MR) is 91.3 cm³/mol. The van der Waals surface area contributed by atoms with Gasteiger partial charge >= 0.3 is 5.69 Å². The smallest absolute Gasteiger partial charge is 0.331 e. The number of hydrogen-bond donors (Lipinski definition) is 3. The minimum absolute atomic E-state index is 0.0176. The van der Waals surface area contributed by atoms with E-state index < -0.39 is 11.2 Å². The molecule has 1 rings (SSSR count). The molecule has 0 aliphatic rings. The normalized spacial score (nSPS) is 11.5. The Morgan fingerprint density at radius 1 is 1.30 bits per heavy atom. The number of hydrogen-bond acceptors (Lipinski definition) is 6. The van der Waals surface area contributed by atoms with Crippen LogP contribution in [0.2, 0.25) is 0 Å². The summed E-state index contributed by atoms with van der Waals surface area (Å²) >= 11 is 0. The first-order valence-electron chi connectivity index (χ1n) is 8.09. The Labute approximate surface area is 135 Å². The maximum atomic E-state index is 11.8. The largest absolute Gasteiger partial charge is 0.494 e. The fourth-order valence-corrected chi connectivity index (χ4v) is 2.14. The second kappa shape index (κ2) is 9.83. The number of aromatic amines is 1. The first kappa shape index (κ1) is 19.0. The van der Waals surface area contributed by atoms with Crippen LogP contribution in [0.25, 0.3) is 0 Å². The van der Waals surface area contributed by atoms with Crippen molar-refractivity contribution in [3.05, 3.63) is 26.4 Å². The number of unbranched alkanes of at least 4 members (excludes halogenated alkanes) is 1. The van der Waals surface area contributed by atoms with Gasteiger partial charge in [-0.3, -0.25) is 14.3 Å². The van der Waals surface area contributed by atoms with Gasteiger partial charge in [-0.05, 0) is 19.5 Å². The summed E-state index contributed by atoms with van der Waals surface area (Å²) in [6.07, 6.45) is 2.86. The Morgan fingerprint density at radius 2 is 2.00 bits per heavy atom. The van der Waals surface area contributed by atoms with Crippen molar-refractivity contribution >= 4 is 6.21 Å². The maximum absolute atomic E-state index is 11.8. The van der Waals surface area contributed by atoms with Crippen LogP contribution in [0, 0.1) is 0 Å². The van der Waals surface area contributed by atoms with E-state index in [1.807, 2.05) is 6.92 Å². The SMILES string of the molecule is CCCCn1c(O)c(/C=N/NCCN(CC)CC)c(=O)[nH]c1=O. The summed E-state index contributed by atoms with van der Waals surface area (Å²) in [5, 5.41) is 14.1. The van der Waals surface area contributed by atoms with Crippen LogP contribution in [0.5, 0.6) is 5.88 Å². The fourth-order valence-electron chi connectivity index (χ4n) is 2.14. The number of hydrazone groups is 1. The quantitative estimate of drug-likeness (QED) is 0.326. The standard InChI is InChI=1S/C15H27N5O3/c1-4-7-9-20-14(22)12(13(21)18-15(20)23)11-17-16-8-10-19(5-2)6-3/h11,16,22H,4-10H2,1-3H3,(H,18,21,23)/b17-11+. The summed E-state index contributed by atoms with van der Waals surface area (Å²) in [6.45, 7) is 9.91. The molecule has 8 heteroatoms. The molecular formula is C15H27N5O3. The van der Waals surface area contributed by atoms with Crippen LogP contribution in [0.15, 0.2) is 14.7 Å². The molecule has 0 spiro atoms. The number of likely N-dealkylation sites (N-methyl/N-ethyl adjacent to an activating group) is 1. The fraction of sp³-hybridized carbons (Fsp3) is 0.667. The van der Waals surface area contributed by atoms with Gasteiger partial charge in [0.2, 0.25) is 5.88 Å². The van der Waals surface area contributed by atoms with E-state index in [0.717, 1.165) is 37.0 Å². The maximum Gasteiger partial charge on any atom is 0.331 e. The van der Waals surface area contributed by atoms with Crippen molar-refractivity contribution in [2.75, 3.05) is 26.2 Å². The number of nitrogens with one attached hydrogen (secondary N) is 2. The Hall–Kier alpha value is -2.09. The van der Waals surface area contributed by atoms with Crippen LogP contribution in [-0.2, 0) is 6.54 Å². The van der Waals surface area contributed by atoms with Crippen LogP contribution in [0.1, 0.15) is 39.2 Å². The van der Waals surface area contributed by atoms with E-state index in [0.29, 0.717) is 13.1 Å². The average Bonchev–Trinajstić information content (AvgIpc) is 2.53. The number of H-pyrrole nitrogens is 1. The lowest BCUT2D eigenvalue weighted by Crippen LogP contribution is -2.33. The van der Waals surface area contributed by atoms with Crippen molar-refractivity contribution in [3.8, 4) is 5.88 Å². The molecule has 0 bridgehead atoms. The Kier molecular flexibility index (Phi) is 8.10. The van der Waals surface area contributed by atoms with E-state index in [-0.39, 0.29) is 11.4 Å². The van der Waals surface area contributed by atoms with Crippen LogP contribution in [-0.4, -0.2) is 52.0 Å². The molecule has 0 unspecified atom stereocenters. The molecule has 0 atom stereocenters. The Bertz CT molecular complexity index is 617. The van der Waals surface area contributed by atoms with Crippen LogP contribution in [0.3, 0.4) is 0 Å². The molecule has 8 nitrogen and oxygen atoms in total. The van der Waals surface area contributed by atoms with Gasteiger partial charge < -0.3 is 15.4 Å². The average molecular weight is 325 g/mol. The van der Waals surface area contributed by atoms with Gasteiger partial charge in [-0.25, -0.2) is 4.79 Å². The zero-order valence-electron chi connectivity index (χ0n) is 14.1. The molecule has 1 aromatic heterocycles. The molecule has 0 saturated carbocycles. The molecule has 1 heterocycles. The van der Waals surface area contributed by atoms with E-state index in [1.165, 1.54) is 6.21 Å². The molecule has 0 saturated heterocycles. The van der Waals surface area contributed by atoms with E-state index in [1.54, 1.807) is 0 Å². The van der Waals surface area contributed by atoms with Gasteiger partial charge in [0.05, 0.1) is 6.21 Å². The minimum Gasteiger partial charge on any atom is -0.494 e. The highest BCUT2D eigenvalue weighted by molar-refractivity contribution is 5.81. The molecule has 1 aromatic rings. The van der Waals surface area contributed by atoms with Gasteiger partial charge in [-0.15, -0.1) is 0 Å².